The summed E-state index contributed by atoms with van der Waals surface area (Å²) in [5, 5.41) is 0. The highest BCUT2D eigenvalue weighted by Gasteiger charge is 2.38. The molecule has 1 aromatic heterocycles. The Morgan fingerprint density at radius 1 is 0.857 bits per heavy atom. The molecule has 3 aromatic rings. The number of aromatic nitrogens is 2. The van der Waals surface area contributed by atoms with Gasteiger partial charge in [-0.15, -0.1) is 0 Å². The van der Waals surface area contributed by atoms with Crippen LogP contribution in [0, 0.1) is 6.92 Å². The van der Waals surface area contributed by atoms with Crippen molar-refractivity contribution in [1.29, 1.82) is 0 Å². The zero-order chi connectivity index (χ0) is 20.7. The molecule has 0 radical (unpaired) electrons. The van der Waals surface area contributed by atoms with Gasteiger partial charge in [-0.2, -0.15) is 22.0 Å². The van der Waals surface area contributed by atoms with E-state index in [4.69, 9.17) is 0 Å². The number of H-pyrrole nitrogens is 1. The minimum absolute atomic E-state index is 0.376. The second-order valence-electron chi connectivity index (χ2n) is 6.06. The number of nitrogens with one attached hydrogen (secondary N) is 1. The van der Waals surface area contributed by atoms with Gasteiger partial charge in [0.15, 0.2) is 0 Å². The lowest BCUT2D eigenvalue weighted by molar-refractivity contribution is -0.137. The van der Waals surface area contributed by atoms with Crippen LogP contribution in [0.3, 0.4) is 0 Å². The normalized spacial score (nSPS) is 12.2. The molecule has 0 spiro atoms. The topological polar surface area (TPSA) is 54.9 Å². The molecule has 4 nitrogen and oxygen atoms in total. The van der Waals surface area contributed by atoms with Crippen LogP contribution in [-0.4, -0.2) is 9.55 Å². The van der Waals surface area contributed by atoms with Crippen molar-refractivity contribution in [2.75, 3.05) is 0 Å². The van der Waals surface area contributed by atoms with Crippen molar-refractivity contribution >= 4 is 0 Å². The Morgan fingerprint density at radius 2 is 1.46 bits per heavy atom. The van der Waals surface area contributed by atoms with Gasteiger partial charge in [0.2, 0.25) is 0 Å². The van der Waals surface area contributed by atoms with Crippen LogP contribution in [0.1, 0.15) is 22.4 Å². The molecular weight excluding hydrogens is 383 g/mol. The van der Waals surface area contributed by atoms with Crippen molar-refractivity contribution in [2.45, 2.75) is 19.0 Å². The van der Waals surface area contributed by atoms with Crippen LogP contribution in [0.25, 0.3) is 5.69 Å². The number of benzene rings is 2. The van der Waals surface area contributed by atoms with Crippen molar-refractivity contribution < 1.29 is 22.0 Å². The second kappa shape index (κ2) is 6.74. The van der Waals surface area contributed by atoms with Crippen molar-refractivity contribution in [1.82, 2.24) is 9.55 Å². The molecular formula is C19H13F5N2O2. The summed E-state index contributed by atoms with van der Waals surface area (Å²) in [6.07, 6.45) is -4.69. The van der Waals surface area contributed by atoms with Crippen molar-refractivity contribution in [3.05, 3.63) is 97.8 Å². The number of nitrogens with zero attached hydrogens (tertiary/aromatic N) is 1. The average molecular weight is 396 g/mol. The lowest BCUT2D eigenvalue weighted by atomic mass is 10.0. The summed E-state index contributed by atoms with van der Waals surface area (Å²) in [5.74, 6) is -3.67. The maximum Gasteiger partial charge on any atom is 0.416 e. The zero-order valence-corrected chi connectivity index (χ0v) is 14.3. The van der Waals surface area contributed by atoms with Gasteiger partial charge in [-0.05, 0) is 25.1 Å². The highest BCUT2D eigenvalue weighted by atomic mass is 19.4. The molecule has 0 amide bonds. The van der Waals surface area contributed by atoms with E-state index in [-0.39, 0.29) is 5.69 Å². The van der Waals surface area contributed by atoms with Crippen molar-refractivity contribution in [2.24, 2.45) is 0 Å². The number of hydrogen-bond acceptors (Lipinski definition) is 2. The van der Waals surface area contributed by atoms with Gasteiger partial charge in [-0.25, -0.2) is 9.36 Å². The van der Waals surface area contributed by atoms with Crippen LogP contribution >= 0.6 is 0 Å². The number of alkyl halides is 5. The summed E-state index contributed by atoms with van der Waals surface area (Å²) >= 11 is 0. The summed E-state index contributed by atoms with van der Waals surface area (Å²) in [6.45, 7) is 1.08. The monoisotopic (exact) mass is 396 g/mol. The molecule has 0 aliphatic carbocycles. The third-order valence-electron chi connectivity index (χ3n) is 4.22. The predicted octanol–water partition coefficient (Wildman–Crippen LogP) is 3.99. The Hall–Kier alpha value is -3.23. The first-order valence-electron chi connectivity index (χ1n) is 8.01. The third-order valence-corrected chi connectivity index (χ3v) is 4.22. The van der Waals surface area contributed by atoms with Crippen molar-refractivity contribution in [3.8, 4) is 5.69 Å². The first kappa shape index (κ1) is 19.5. The Morgan fingerprint density at radius 3 is 2.07 bits per heavy atom. The SMILES string of the molecule is Cc1c(C(F)(F)c2ccccc2)[nH]c(=O)n(-c2cccc(C(F)(F)F)c2)c1=O. The van der Waals surface area contributed by atoms with E-state index in [1.807, 2.05) is 4.98 Å². The van der Waals surface area contributed by atoms with E-state index in [1.165, 1.54) is 18.2 Å². The first-order chi connectivity index (χ1) is 13.0. The molecule has 28 heavy (non-hydrogen) atoms. The molecule has 9 heteroatoms. The van der Waals surface area contributed by atoms with Crippen molar-refractivity contribution in [3.63, 3.8) is 0 Å². The van der Waals surface area contributed by atoms with E-state index in [2.05, 4.69) is 0 Å². The molecule has 1 heterocycles. The van der Waals surface area contributed by atoms with Crippen LogP contribution in [0.5, 0.6) is 0 Å². The van der Waals surface area contributed by atoms with Gasteiger partial charge in [-0.1, -0.05) is 36.4 Å². The van der Waals surface area contributed by atoms with Gasteiger partial charge in [0.25, 0.3) is 5.56 Å². The standard InChI is InChI=1S/C19H13F5N2O2/c1-11-15(18(20,21)12-6-3-2-4-7-12)25-17(28)26(16(11)27)14-9-5-8-13(10-14)19(22,23)24/h2-10H,1H3,(H,25,28). The summed E-state index contributed by atoms with van der Waals surface area (Å²) in [4.78, 5) is 26.9. The van der Waals surface area contributed by atoms with Crippen LogP contribution in [0.4, 0.5) is 22.0 Å². The number of halogens is 5. The lowest BCUT2D eigenvalue weighted by Gasteiger charge is -2.19. The molecule has 0 aliphatic heterocycles. The summed E-state index contributed by atoms with van der Waals surface area (Å²) in [5.41, 5.74) is -5.67. The van der Waals surface area contributed by atoms with E-state index in [1.54, 1.807) is 0 Å². The van der Waals surface area contributed by atoms with E-state index in [0.717, 1.165) is 37.3 Å². The summed E-state index contributed by atoms with van der Waals surface area (Å²) in [7, 11) is 0. The van der Waals surface area contributed by atoms with Gasteiger partial charge in [-0.3, -0.25) is 4.79 Å². The number of aromatic amines is 1. The summed E-state index contributed by atoms with van der Waals surface area (Å²) < 4.78 is 68.7. The molecule has 0 unspecified atom stereocenters. The fourth-order valence-corrected chi connectivity index (χ4v) is 2.79. The molecule has 0 saturated carbocycles. The molecule has 2 aromatic carbocycles. The van der Waals surface area contributed by atoms with E-state index >= 15 is 0 Å². The van der Waals surface area contributed by atoms with Crippen LogP contribution in [-0.2, 0) is 12.1 Å². The highest BCUT2D eigenvalue weighted by Crippen LogP contribution is 2.35. The van der Waals surface area contributed by atoms with Gasteiger partial charge in [0.05, 0.1) is 11.3 Å². The van der Waals surface area contributed by atoms with E-state index in [9.17, 15) is 31.5 Å². The summed E-state index contributed by atoms with van der Waals surface area (Å²) in [6, 6.07) is 10.1. The predicted molar refractivity (Wildman–Crippen MR) is 91.8 cm³/mol. The fourth-order valence-electron chi connectivity index (χ4n) is 2.79. The minimum Gasteiger partial charge on any atom is -0.305 e. The molecule has 0 aliphatic rings. The molecule has 0 saturated heterocycles. The molecule has 0 atom stereocenters. The molecule has 0 fully saturated rings. The van der Waals surface area contributed by atoms with Gasteiger partial charge in [0, 0.05) is 11.1 Å². The highest BCUT2D eigenvalue weighted by molar-refractivity contribution is 5.39. The fraction of sp³-hybridized carbons (Fsp3) is 0.158. The maximum absolute atomic E-state index is 14.8. The molecule has 146 valence electrons. The zero-order valence-electron chi connectivity index (χ0n) is 14.3. The van der Waals surface area contributed by atoms with Crippen LogP contribution < -0.4 is 11.2 Å². The van der Waals surface area contributed by atoms with Crippen LogP contribution in [0.2, 0.25) is 0 Å². The molecule has 0 bridgehead atoms. The average Bonchev–Trinajstić information content (AvgIpc) is 2.65. The minimum atomic E-state index is -4.69. The van der Waals surface area contributed by atoms with E-state index in [0.29, 0.717) is 10.6 Å². The Balaban J connectivity index is 2.21. The Kier molecular flexibility index (Phi) is 4.70. The molecule has 1 N–H and O–H groups in total. The van der Waals surface area contributed by atoms with Gasteiger partial charge >= 0.3 is 17.8 Å². The quantitative estimate of drug-likeness (QED) is 0.681. The van der Waals surface area contributed by atoms with Gasteiger partial charge < -0.3 is 4.98 Å². The maximum atomic E-state index is 14.8. The first-order valence-corrected chi connectivity index (χ1v) is 8.01. The largest absolute Gasteiger partial charge is 0.416 e. The smallest absolute Gasteiger partial charge is 0.305 e. The number of rotatable bonds is 3. The molecule has 3 rings (SSSR count). The Bertz CT molecular complexity index is 1130. The number of hydrogen-bond donors (Lipinski definition) is 1. The lowest BCUT2D eigenvalue weighted by Crippen LogP contribution is -2.39. The Labute approximate surface area is 154 Å². The van der Waals surface area contributed by atoms with Gasteiger partial charge in [0.1, 0.15) is 5.69 Å². The van der Waals surface area contributed by atoms with E-state index < -0.39 is 45.7 Å². The third kappa shape index (κ3) is 3.35. The van der Waals surface area contributed by atoms with Crippen LogP contribution in [0.15, 0.2) is 64.2 Å². The second-order valence-corrected chi connectivity index (χ2v) is 6.06.